The summed E-state index contributed by atoms with van der Waals surface area (Å²) in [4.78, 5) is 22.8. The van der Waals surface area contributed by atoms with Crippen molar-refractivity contribution in [3.05, 3.63) is 58.1 Å². The molecule has 30 heavy (non-hydrogen) atoms. The van der Waals surface area contributed by atoms with Crippen molar-refractivity contribution in [3.63, 3.8) is 0 Å². The first kappa shape index (κ1) is 22.3. The van der Waals surface area contributed by atoms with Crippen molar-refractivity contribution in [3.8, 4) is 0 Å². The third kappa shape index (κ3) is 4.84. The molecule has 2 aromatic heterocycles. The lowest BCUT2D eigenvalue weighted by Gasteiger charge is -2.21. The van der Waals surface area contributed by atoms with Crippen LogP contribution in [0.15, 0.2) is 30.5 Å². The van der Waals surface area contributed by atoms with Gasteiger partial charge in [0.15, 0.2) is 0 Å². The summed E-state index contributed by atoms with van der Waals surface area (Å²) in [6, 6.07) is 7.21. The number of benzene rings is 1. The zero-order valence-electron chi connectivity index (χ0n) is 18.7. The summed E-state index contributed by atoms with van der Waals surface area (Å²) in [5.74, 6) is 1.39. The molecule has 1 aromatic carbocycles. The molecule has 1 unspecified atom stereocenters. The Morgan fingerprint density at radius 2 is 1.77 bits per heavy atom. The van der Waals surface area contributed by atoms with Gasteiger partial charge in [-0.15, -0.1) is 0 Å². The number of fused-ring (bicyclic) bond motifs is 1. The summed E-state index contributed by atoms with van der Waals surface area (Å²) in [6.45, 7) is 13.0. The highest BCUT2D eigenvalue weighted by atomic mass is 35.5. The predicted molar refractivity (Wildman–Crippen MR) is 123 cm³/mol. The molecule has 0 aliphatic heterocycles. The molecule has 0 aliphatic carbocycles. The van der Waals surface area contributed by atoms with E-state index in [-0.39, 0.29) is 17.9 Å². The van der Waals surface area contributed by atoms with Crippen LogP contribution in [0.4, 0.5) is 0 Å². The second-order valence-corrected chi connectivity index (χ2v) is 9.17. The third-order valence-corrected chi connectivity index (χ3v) is 5.54. The Morgan fingerprint density at radius 1 is 1.10 bits per heavy atom. The summed E-state index contributed by atoms with van der Waals surface area (Å²) in [5.41, 5.74) is 3.92. The predicted octanol–water partition coefficient (Wildman–Crippen LogP) is 5.73. The third-order valence-electron chi connectivity index (χ3n) is 5.29. The van der Waals surface area contributed by atoms with Crippen LogP contribution in [0.3, 0.4) is 0 Å². The van der Waals surface area contributed by atoms with Gasteiger partial charge in [0.05, 0.1) is 5.69 Å². The van der Waals surface area contributed by atoms with Gasteiger partial charge in [0.1, 0.15) is 17.5 Å². The normalized spacial score (nSPS) is 12.7. The van der Waals surface area contributed by atoms with Gasteiger partial charge in [-0.3, -0.25) is 4.79 Å². The second-order valence-electron chi connectivity index (χ2n) is 8.73. The zero-order valence-corrected chi connectivity index (χ0v) is 19.4. The number of nitrogens with one attached hydrogen (secondary N) is 1. The minimum atomic E-state index is -0.331. The molecule has 6 heteroatoms. The van der Waals surface area contributed by atoms with E-state index in [0.29, 0.717) is 17.5 Å². The number of aromatic nitrogens is 3. The van der Waals surface area contributed by atoms with Crippen molar-refractivity contribution in [2.24, 2.45) is 5.92 Å². The fraction of sp³-hybridized carbons (Fsp3) is 0.458. The molecule has 3 aromatic rings. The lowest BCUT2D eigenvalue weighted by molar-refractivity contribution is -0.124. The highest BCUT2D eigenvalue weighted by molar-refractivity contribution is 6.30. The van der Waals surface area contributed by atoms with Gasteiger partial charge in [-0.25, -0.2) is 9.97 Å². The Hall–Kier alpha value is -2.40. The Kier molecular flexibility index (Phi) is 6.81. The monoisotopic (exact) mass is 426 g/mol. The molecule has 0 bridgehead atoms. The second kappa shape index (κ2) is 9.17. The lowest BCUT2D eigenvalue weighted by atomic mass is 10.0. The molecule has 3 rings (SSSR count). The molecule has 1 amide bonds. The molecule has 1 atom stereocenters. The van der Waals surface area contributed by atoms with Crippen molar-refractivity contribution in [1.29, 1.82) is 0 Å². The molecule has 0 radical (unpaired) electrons. The van der Waals surface area contributed by atoms with Crippen LogP contribution < -0.4 is 5.32 Å². The minimum Gasteiger partial charge on any atom is -0.350 e. The molecule has 0 fully saturated rings. The maximum atomic E-state index is 13.3. The van der Waals surface area contributed by atoms with E-state index in [4.69, 9.17) is 16.6 Å². The van der Waals surface area contributed by atoms with Crippen LogP contribution in [0, 0.1) is 19.8 Å². The minimum absolute atomic E-state index is 0.00193. The SMILES string of the molecule is Cc1cn(C(CC(C)C)C(=O)NCc2ccc(Cl)cc2)c2nc(C(C)C)nc(C)c12. The molecule has 0 aliphatic rings. The molecule has 0 saturated heterocycles. The van der Waals surface area contributed by atoms with E-state index in [1.165, 1.54) is 0 Å². The van der Waals surface area contributed by atoms with Crippen LogP contribution in [0.25, 0.3) is 11.0 Å². The van der Waals surface area contributed by atoms with Crippen molar-refractivity contribution in [1.82, 2.24) is 19.9 Å². The summed E-state index contributed by atoms with van der Waals surface area (Å²) < 4.78 is 2.04. The summed E-state index contributed by atoms with van der Waals surface area (Å²) >= 11 is 5.96. The van der Waals surface area contributed by atoms with Crippen molar-refractivity contribution < 1.29 is 4.79 Å². The van der Waals surface area contributed by atoms with E-state index in [9.17, 15) is 4.79 Å². The number of carbonyl (C=O) groups excluding carboxylic acids is 1. The van der Waals surface area contributed by atoms with Gasteiger partial charge in [0.2, 0.25) is 5.91 Å². The first-order chi connectivity index (χ1) is 14.2. The number of nitrogens with zero attached hydrogens (tertiary/aromatic N) is 3. The quantitative estimate of drug-likeness (QED) is 0.524. The Labute approximate surface area is 183 Å². The fourth-order valence-corrected chi connectivity index (χ4v) is 3.89. The molecule has 0 spiro atoms. The lowest BCUT2D eigenvalue weighted by Crippen LogP contribution is -2.33. The Bertz CT molecular complexity index is 1040. The Morgan fingerprint density at radius 3 is 2.37 bits per heavy atom. The van der Waals surface area contributed by atoms with Crippen LogP contribution >= 0.6 is 11.6 Å². The van der Waals surface area contributed by atoms with Crippen LogP contribution in [-0.4, -0.2) is 20.4 Å². The highest BCUT2D eigenvalue weighted by Gasteiger charge is 2.25. The first-order valence-electron chi connectivity index (χ1n) is 10.5. The van der Waals surface area contributed by atoms with Crippen molar-refractivity contribution >= 4 is 28.5 Å². The first-order valence-corrected chi connectivity index (χ1v) is 10.9. The number of aryl methyl sites for hydroxylation is 2. The molecular weight excluding hydrogens is 396 g/mol. The maximum Gasteiger partial charge on any atom is 0.243 e. The van der Waals surface area contributed by atoms with Crippen molar-refractivity contribution in [2.75, 3.05) is 0 Å². The number of carbonyl (C=O) groups is 1. The van der Waals surface area contributed by atoms with Gasteiger partial charge in [-0.05, 0) is 49.4 Å². The van der Waals surface area contributed by atoms with E-state index in [1.54, 1.807) is 0 Å². The fourth-order valence-electron chi connectivity index (χ4n) is 3.76. The van der Waals surface area contributed by atoms with Crippen LogP contribution in [-0.2, 0) is 11.3 Å². The Balaban J connectivity index is 1.97. The summed E-state index contributed by atoms with van der Waals surface area (Å²) in [5, 5.41) is 4.83. The largest absolute Gasteiger partial charge is 0.350 e. The molecule has 2 heterocycles. The smallest absolute Gasteiger partial charge is 0.243 e. The van der Waals surface area contributed by atoms with Gasteiger partial charge in [0, 0.05) is 29.1 Å². The van der Waals surface area contributed by atoms with Crippen LogP contribution in [0.1, 0.15) is 68.7 Å². The number of hydrogen-bond acceptors (Lipinski definition) is 3. The van der Waals surface area contributed by atoms with Crippen LogP contribution in [0.5, 0.6) is 0 Å². The topological polar surface area (TPSA) is 59.8 Å². The number of halogens is 1. The van der Waals surface area contributed by atoms with Gasteiger partial charge >= 0.3 is 0 Å². The molecule has 160 valence electrons. The van der Waals surface area contributed by atoms with E-state index in [0.717, 1.165) is 40.1 Å². The molecule has 5 nitrogen and oxygen atoms in total. The zero-order chi connectivity index (χ0) is 22.0. The highest BCUT2D eigenvalue weighted by Crippen LogP contribution is 2.29. The average Bonchev–Trinajstić information content (AvgIpc) is 3.02. The van der Waals surface area contributed by atoms with Gasteiger partial charge in [-0.1, -0.05) is 51.4 Å². The average molecular weight is 427 g/mol. The molecule has 0 saturated carbocycles. The van der Waals surface area contributed by atoms with Crippen molar-refractivity contribution in [2.45, 2.75) is 66.5 Å². The maximum absolute atomic E-state index is 13.3. The van der Waals surface area contributed by atoms with Gasteiger partial charge in [0.25, 0.3) is 0 Å². The summed E-state index contributed by atoms with van der Waals surface area (Å²) in [7, 11) is 0. The van der Waals surface area contributed by atoms with Gasteiger partial charge in [-0.2, -0.15) is 0 Å². The number of rotatable bonds is 7. The number of amides is 1. The number of hydrogen-bond donors (Lipinski definition) is 1. The molecule has 1 N–H and O–H groups in total. The van der Waals surface area contributed by atoms with E-state index in [2.05, 4.69) is 44.9 Å². The van der Waals surface area contributed by atoms with Crippen LogP contribution in [0.2, 0.25) is 5.02 Å². The van der Waals surface area contributed by atoms with E-state index < -0.39 is 0 Å². The summed E-state index contributed by atoms with van der Waals surface area (Å²) in [6.07, 6.45) is 2.78. The standard InChI is InChI=1S/C24H31ClN4O/c1-14(2)11-20(24(30)26-12-18-7-9-19(25)10-8-18)29-13-16(5)21-17(6)27-22(15(3)4)28-23(21)29/h7-10,13-15,20H,11-12H2,1-6H3,(H,26,30). The van der Waals surface area contributed by atoms with Gasteiger partial charge < -0.3 is 9.88 Å². The van der Waals surface area contributed by atoms with E-state index >= 15 is 0 Å². The van der Waals surface area contributed by atoms with E-state index in [1.807, 2.05) is 42.0 Å². The molecular formula is C24H31ClN4O.